The fourth-order valence-electron chi connectivity index (χ4n) is 10.3. The Labute approximate surface area is 166 Å². The highest BCUT2D eigenvalue weighted by atomic mass is 16.6. The van der Waals surface area contributed by atoms with Gasteiger partial charge in [-0.25, -0.2) is 0 Å². The van der Waals surface area contributed by atoms with Crippen molar-refractivity contribution in [2.75, 3.05) is 0 Å². The molecule has 7 aliphatic rings. The predicted octanol–water partition coefficient (Wildman–Crippen LogP) is 3.50. The van der Waals surface area contributed by atoms with E-state index in [1.54, 1.807) is 0 Å². The molecular weight excluding hydrogens is 352 g/mol. The summed E-state index contributed by atoms with van der Waals surface area (Å²) in [6.45, 7) is 4.77. The highest BCUT2D eigenvalue weighted by Crippen LogP contribution is 2.83. The molecule has 7 rings (SSSR count). The van der Waals surface area contributed by atoms with Crippen LogP contribution in [-0.2, 0) is 14.3 Å². The SMILES string of the molecule is C[C@]12CCC3C(C1[C@@H]1C[C@@H]1[C@@]21CCC(=O)O1)[C@H]1C[C@H]1[C@]1(O)CC(=O)CC[C@]31C. The van der Waals surface area contributed by atoms with Gasteiger partial charge in [0.1, 0.15) is 11.4 Å². The number of rotatable bonds is 0. The molecule has 1 spiro atoms. The van der Waals surface area contributed by atoms with E-state index >= 15 is 0 Å². The minimum absolute atomic E-state index is 0.0229. The molecule has 0 radical (unpaired) electrons. The van der Waals surface area contributed by atoms with Crippen molar-refractivity contribution in [3.8, 4) is 0 Å². The molecule has 4 nitrogen and oxygen atoms in total. The van der Waals surface area contributed by atoms with Crippen molar-refractivity contribution < 1.29 is 19.4 Å². The van der Waals surface area contributed by atoms with Crippen LogP contribution in [0.5, 0.6) is 0 Å². The van der Waals surface area contributed by atoms with Crippen molar-refractivity contribution in [3.05, 3.63) is 0 Å². The molecule has 6 aliphatic carbocycles. The maximum atomic E-state index is 12.3. The van der Waals surface area contributed by atoms with Gasteiger partial charge >= 0.3 is 5.97 Å². The van der Waals surface area contributed by atoms with E-state index in [4.69, 9.17) is 4.74 Å². The predicted molar refractivity (Wildman–Crippen MR) is 101 cm³/mol. The molecule has 4 heteroatoms. The molecule has 0 aromatic rings. The summed E-state index contributed by atoms with van der Waals surface area (Å²) in [5, 5.41) is 11.8. The van der Waals surface area contributed by atoms with Gasteiger partial charge in [0.15, 0.2) is 0 Å². The minimum atomic E-state index is -0.763. The largest absolute Gasteiger partial charge is 0.458 e. The Morgan fingerprint density at radius 3 is 2.46 bits per heavy atom. The Morgan fingerprint density at radius 2 is 1.71 bits per heavy atom. The fraction of sp³-hybridized carbons (Fsp3) is 0.917. The number of fused-ring (bicyclic) bond motifs is 12. The Balaban J connectivity index is 1.32. The third-order valence-corrected chi connectivity index (χ3v) is 11.6. The van der Waals surface area contributed by atoms with Crippen LogP contribution in [-0.4, -0.2) is 28.1 Å². The molecule has 11 atom stereocenters. The van der Waals surface area contributed by atoms with Crippen LogP contribution >= 0.6 is 0 Å². The third-order valence-electron chi connectivity index (χ3n) is 11.6. The summed E-state index contributed by atoms with van der Waals surface area (Å²) >= 11 is 0. The molecule has 0 aromatic carbocycles. The first kappa shape index (κ1) is 16.8. The van der Waals surface area contributed by atoms with Gasteiger partial charge in [-0.1, -0.05) is 13.8 Å². The fourth-order valence-corrected chi connectivity index (χ4v) is 10.3. The number of hydrogen-bond acceptors (Lipinski definition) is 4. The van der Waals surface area contributed by atoms with E-state index in [1.807, 2.05) is 0 Å². The first-order valence-corrected chi connectivity index (χ1v) is 11.7. The number of hydrogen-bond donors (Lipinski definition) is 1. The van der Waals surface area contributed by atoms with E-state index in [9.17, 15) is 14.7 Å². The summed E-state index contributed by atoms with van der Waals surface area (Å²) < 4.78 is 6.20. The third kappa shape index (κ3) is 1.55. The van der Waals surface area contributed by atoms with Crippen LogP contribution < -0.4 is 0 Å². The maximum Gasteiger partial charge on any atom is 0.306 e. The second kappa shape index (κ2) is 4.55. The summed E-state index contributed by atoms with van der Waals surface area (Å²) in [5.41, 5.74) is -0.943. The van der Waals surface area contributed by atoms with Crippen LogP contribution in [0.4, 0.5) is 0 Å². The molecule has 1 N–H and O–H groups in total. The monoisotopic (exact) mass is 384 g/mol. The molecule has 152 valence electrons. The van der Waals surface area contributed by atoms with Gasteiger partial charge in [-0.05, 0) is 74.0 Å². The van der Waals surface area contributed by atoms with Crippen LogP contribution in [0.2, 0.25) is 0 Å². The van der Waals surface area contributed by atoms with Gasteiger partial charge in [0.25, 0.3) is 0 Å². The van der Waals surface area contributed by atoms with Crippen LogP contribution in [0.25, 0.3) is 0 Å². The lowest BCUT2D eigenvalue weighted by Gasteiger charge is -2.64. The zero-order chi connectivity index (χ0) is 19.3. The minimum Gasteiger partial charge on any atom is -0.458 e. The normalized spacial score (nSPS) is 65.8. The zero-order valence-electron chi connectivity index (χ0n) is 17.1. The highest BCUT2D eigenvalue weighted by Gasteiger charge is 2.83. The van der Waals surface area contributed by atoms with Crippen molar-refractivity contribution in [2.24, 2.45) is 52.3 Å². The van der Waals surface area contributed by atoms with Crippen LogP contribution in [0.15, 0.2) is 0 Å². The average molecular weight is 385 g/mol. The van der Waals surface area contributed by atoms with E-state index < -0.39 is 5.60 Å². The molecule has 1 saturated heterocycles. The van der Waals surface area contributed by atoms with E-state index in [1.165, 1.54) is 6.42 Å². The van der Waals surface area contributed by atoms with Crippen molar-refractivity contribution in [3.63, 3.8) is 0 Å². The molecule has 0 amide bonds. The topological polar surface area (TPSA) is 63.6 Å². The van der Waals surface area contributed by atoms with Crippen LogP contribution in [0.1, 0.15) is 71.6 Å². The first-order valence-electron chi connectivity index (χ1n) is 11.7. The molecule has 3 unspecified atom stereocenters. The van der Waals surface area contributed by atoms with Gasteiger partial charge in [0.05, 0.1) is 5.60 Å². The second-order valence-corrected chi connectivity index (χ2v) is 12.1. The summed E-state index contributed by atoms with van der Waals surface area (Å²) in [6, 6.07) is 0. The number of carbonyl (C=O) groups is 2. The number of ether oxygens (including phenoxy) is 1. The van der Waals surface area contributed by atoms with E-state index in [0.717, 1.165) is 38.0 Å². The molecule has 6 saturated carbocycles. The standard InChI is InChI=1S/C24H32O4/c1-21-6-3-12(25)11-23(21,27)16-9-13(16)19-15(21)4-7-22(2)20(19)14-10-17(14)24(22)8-5-18(26)28-24/h13-17,19-20,27H,3-11H2,1-2H3/t13-,14+,15?,16+,17-,19?,20?,21+,22-,23+,24-/m0/s1. The number of Topliss-reactive ketones (excluding diaryl/α,β-unsaturated/α-hetero) is 1. The van der Waals surface area contributed by atoms with E-state index in [2.05, 4.69) is 13.8 Å². The number of esters is 1. The lowest BCUT2D eigenvalue weighted by molar-refractivity contribution is -0.223. The van der Waals surface area contributed by atoms with Crippen molar-refractivity contribution in [1.29, 1.82) is 0 Å². The molecule has 0 bridgehead atoms. The Kier molecular flexibility index (Phi) is 2.74. The molecular formula is C24H32O4. The lowest BCUT2D eigenvalue weighted by Crippen LogP contribution is -2.65. The molecule has 1 aliphatic heterocycles. The Morgan fingerprint density at radius 1 is 0.929 bits per heavy atom. The number of aliphatic hydroxyl groups is 1. The smallest absolute Gasteiger partial charge is 0.306 e. The van der Waals surface area contributed by atoms with Gasteiger partial charge in [0, 0.05) is 36.0 Å². The van der Waals surface area contributed by atoms with Crippen LogP contribution in [0.3, 0.4) is 0 Å². The quantitative estimate of drug-likeness (QED) is 0.649. The zero-order valence-corrected chi connectivity index (χ0v) is 17.1. The van der Waals surface area contributed by atoms with Gasteiger partial charge in [0.2, 0.25) is 0 Å². The summed E-state index contributed by atoms with van der Waals surface area (Å²) in [7, 11) is 0. The van der Waals surface area contributed by atoms with E-state index in [-0.39, 0.29) is 28.2 Å². The van der Waals surface area contributed by atoms with Crippen molar-refractivity contribution >= 4 is 11.8 Å². The van der Waals surface area contributed by atoms with Gasteiger partial charge in [-0.2, -0.15) is 0 Å². The highest BCUT2D eigenvalue weighted by molar-refractivity contribution is 5.81. The number of ketones is 1. The maximum absolute atomic E-state index is 12.3. The number of carbonyl (C=O) groups excluding carboxylic acids is 2. The Hall–Kier alpha value is -0.900. The molecule has 1 heterocycles. The van der Waals surface area contributed by atoms with Crippen molar-refractivity contribution in [2.45, 2.75) is 82.8 Å². The van der Waals surface area contributed by atoms with Crippen molar-refractivity contribution in [1.82, 2.24) is 0 Å². The molecule has 7 fully saturated rings. The second-order valence-electron chi connectivity index (χ2n) is 12.1. The summed E-state index contributed by atoms with van der Waals surface area (Å²) in [4.78, 5) is 24.4. The van der Waals surface area contributed by atoms with Crippen LogP contribution in [0, 0.1) is 52.3 Å². The summed E-state index contributed by atoms with van der Waals surface area (Å²) in [5.74, 6) is 4.36. The van der Waals surface area contributed by atoms with E-state index in [0.29, 0.717) is 54.8 Å². The lowest BCUT2D eigenvalue weighted by atomic mass is 9.42. The van der Waals surface area contributed by atoms with Gasteiger partial charge < -0.3 is 9.84 Å². The molecule has 0 aromatic heterocycles. The average Bonchev–Trinajstić information content (AvgIpc) is 3.54. The Bertz CT molecular complexity index is 821. The molecule has 28 heavy (non-hydrogen) atoms. The first-order chi connectivity index (χ1) is 13.3. The summed E-state index contributed by atoms with van der Waals surface area (Å²) in [6.07, 6.45) is 8.04. The van der Waals surface area contributed by atoms with Gasteiger partial charge in [-0.15, -0.1) is 0 Å². The van der Waals surface area contributed by atoms with Gasteiger partial charge in [-0.3, -0.25) is 9.59 Å².